The number of esters is 1. The summed E-state index contributed by atoms with van der Waals surface area (Å²) in [5.41, 5.74) is -0.969. The van der Waals surface area contributed by atoms with E-state index >= 15 is 0 Å². The first-order valence-electron chi connectivity index (χ1n) is 7.06. The van der Waals surface area contributed by atoms with Gasteiger partial charge in [0, 0.05) is 5.92 Å². The molecule has 1 unspecified atom stereocenters. The van der Waals surface area contributed by atoms with Crippen molar-refractivity contribution in [1.82, 2.24) is 0 Å². The van der Waals surface area contributed by atoms with Gasteiger partial charge in [-0.2, -0.15) is 0 Å². The fourth-order valence-corrected chi connectivity index (χ4v) is 3.16. The van der Waals surface area contributed by atoms with E-state index in [4.69, 9.17) is 4.74 Å². The van der Waals surface area contributed by atoms with Gasteiger partial charge in [0.1, 0.15) is 11.4 Å². The molecule has 1 fully saturated rings. The van der Waals surface area contributed by atoms with Gasteiger partial charge in [-0.15, -0.1) is 6.58 Å². The van der Waals surface area contributed by atoms with Crippen LogP contribution in [0.1, 0.15) is 46.0 Å². The summed E-state index contributed by atoms with van der Waals surface area (Å²) in [5.74, 6) is -0.753. The predicted molar refractivity (Wildman–Crippen MR) is 75.0 cm³/mol. The molecule has 1 heterocycles. The Hall–Kier alpha value is -1.42. The highest BCUT2D eigenvalue weighted by molar-refractivity contribution is 5.87. The Morgan fingerprint density at radius 2 is 2.25 bits per heavy atom. The van der Waals surface area contributed by atoms with Gasteiger partial charge in [0.15, 0.2) is 0 Å². The minimum atomic E-state index is -1.06. The smallest absolute Gasteiger partial charge is 0.310 e. The maximum atomic E-state index is 12.5. The van der Waals surface area contributed by atoms with Crippen LogP contribution in [0.3, 0.4) is 0 Å². The normalized spacial score (nSPS) is 30.4. The molecule has 0 aromatic carbocycles. The molecular weight excluding hydrogens is 256 g/mol. The molecule has 20 heavy (non-hydrogen) atoms. The number of hydrogen-bond acceptors (Lipinski definition) is 4. The molecule has 4 nitrogen and oxygen atoms in total. The zero-order valence-electron chi connectivity index (χ0n) is 12.1. The van der Waals surface area contributed by atoms with Crippen molar-refractivity contribution in [3.05, 3.63) is 24.3 Å². The Labute approximate surface area is 119 Å². The number of fused-ring (bicyclic) bond motifs is 1. The molecule has 0 bridgehead atoms. The van der Waals surface area contributed by atoms with Crippen molar-refractivity contribution in [3.63, 3.8) is 0 Å². The summed E-state index contributed by atoms with van der Waals surface area (Å²) in [6.07, 6.45) is 5.83. The average Bonchev–Trinajstić information content (AvgIpc) is 2.54. The third kappa shape index (κ3) is 2.70. The summed E-state index contributed by atoms with van der Waals surface area (Å²) in [4.78, 5) is 24.1. The SMILES string of the molecule is C=CCCC12CC(=O)[C@H](C(C)(C)O)CC=C1CC(=O)O2. The van der Waals surface area contributed by atoms with Gasteiger partial charge in [0.25, 0.3) is 0 Å². The maximum absolute atomic E-state index is 12.5. The number of carbonyl (C=O) groups excluding carboxylic acids is 2. The third-order valence-electron chi connectivity index (χ3n) is 4.28. The Balaban J connectivity index is 2.33. The lowest BCUT2D eigenvalue weighted by Gasteiger charge is -2.30. The number of allylic oxidation sites excluding steroid dienone is 2. The van der Waals surface area contributed by atoms with Crippen molar-refractivity contribution in [2.24, 2.45) is 5.92 Å². The van der Waals surface area contributed by atoms with Crippen LogP contribution in [0.2, 0.25) is 0 Å². The first-order chi connectivity index (χ1) is 9.28. The van der Waals surface area contributed by atoms with Gasteiger partial charge in [-0.1, -0.05) is 12.2 Å². The molecule has 1 aliphatic heterocycles. The van der Waals surface area contributed by atoms with Gasteiger partial charge < -0.3 is 9.84 Å². The quantitative estimate of drug-likeness (QED) is 0.633. The molecule has 1 aliphatic carbocycles. The lowest BCUT2D eigenvalue weighted by molar-refractivity contribution is -0.150. The van der Waals surface area contributed by atoms with E-state index in [1.807, 2.05) is 6.08 Å². The molecule has 4 heteroatoms. The highest BCUT2D eigenvalue weighted by Gasteiger charge is 2.49. The predicted octanol–water partition coefficient (Wildman–Crippen LogP) is 2.31. The minimum absolute atomic E-state index is 0.0393. The number of ether oxygens (including phenoxy) is 1. The number of aliphatic hydroxyl groups is 1. The van der Waals surface area contributed by atoms with E-state index in [1.165, 1.54) is 0 Å². The van der Waals surface area contributed by atoms with Crippen molar-refractivity contribution < 1.29 is 19.4 Å². The molecule has 0 amide bonds. The van der Waals surface area contributed by atoms with Crippen LogP contribution in [0.5, 0.6) is 0 Å². The molecule has 2 aliphatic rings. The largest absolute Gasteiger partial charge is 0.454 e. The Bertz CT molecular complexity index is 469. The second-order valence-electron chi connectivity index (χ2n) is 6.29. The molecular formula is C16H22O4. The van der Waals surface area contributed by atoms with Crippen LogP contribution in [-0.4, -0.2) is 28.1 Å². The Morgan fingerprint density at radius 3 is 2.85 bits per heavy atom. The second kappa shape index (κ2) is 5.17. The van der Waals surface area contributed by atoms with Crippen LogP contribution in [0.25, 0.3) is 0 Å². The molecule has 0 aromatic rings. The average molecular weight is 278 g/mol. The molecule has 1 N–H and O–H groups in total. The third-order valence-corrected chi connectivity index (χ3v) is 4.28. The van der Waals surface area contributed by atoms with Crippen LogP contribution in [-0.2, 0) is 14.3 Å². The van der Waals surface area contributed by atoms with Crippen LogP contribution in [0, 0.1) is 5.92 Å². The van der Waals surface area contributed by atoms with Crippen molar-refractivity contribution >= 4 is 11.8 Å². The minimum Gasteiger partial charge on any atom is -0.454 e. The van der Waals surface area contributed by atoms with Gasteiger partial charge in [-0.3, -0.25) is 9.59 Å². The summed E-state index contributed by atoms with van der Waals surface area (Å²) in [6.45, 7) is 6.99. The summed E-state index contributed by atoms with van der Waals surface area (Å²) in [5, 5.41) is 10.1. The highest BCUT2D eigenvalue weighted by atomic mass is 16.6. The van der Waals surface area contributed by atoms with E-state index < -0.39 is 17.1 Å². The van der Waals surface area contributed by atoms with E-state index in [0.717, 1.165) is 5.57 Å². The fourth-order valence-electron chi connectivity index (χ4n) is 3.16. The topological polar surface area (TPSA) is 63.6 Å². The first-order valence-corrected chi connectivity index (χ1v) is 7.06. The van der Waals surface area contributed by atoms with Gasteiger partial charge in [-0.25, -0.2) is 0 Å². The zero-order chi connectivity index (χ0) is 15.0. The highest BCUT2D eigenvalue weighted by Crippen LogP contribution is 2.44. The number of rotatable bonds is 4. The van der Waals surface area contributed by atoms with E-state index in [-0.39, 0.29) is 24.6 Å². The van der Waals surface area contributed by atoms with Crippen LogP contribution in [0.15, 0.2) is 24.3 Å². The standard InChI is InChI=1S/C16H22O4/c1-4-5-8-16-10-13(17)12(15(2,3)19)7-6-11(16)9-14(18)20-16/h4,6,12,19H,1,5,7-10H2,2-3H3/t12-,16?/m1/s1. The maximum Gasteiger partial charge on any atom is 0.310 e. The molecule has 2 atom stereocenters. The second-order valence-corrected chi connectivity index (χ2v) is 6.29. The number of carbonyl (C=O) groups is 2. The molecule has 1 saturated heterocycles. The van der Waals surface area contributed by atoms with Crippen LogP contribution < -0.4 is 0 Å². The molecule has 0 saturated carbocycles. The van der Waals surface area contributed by atoms with Gasteiger partial charge in [-0.05, 0) is 38.7 Å². The van der Waals surface area contributed by atoms with E-state index in [9.17, 15) is 14.7 Å². The molecule has 2 rings (SSSR count). The lowest BCUT2D eigenvalue weighted by atomic mass is 9.81. The summed E-state index contributed by atoms with van der Waals surface area (Å²) in [6, 6.07) is 0. The molecule has 0 spiro atoms. The van der Waals surface area contributed by atoms with Crippen LogP contribution >= 0.6 is 0 Å². The fraction of sp³-hybridized carbons (Fsp3) is 0.625. The van der Waals surface area contributed by atoms with E-state index in [0.29, 0.717) is 19.3 Å². The Morgan fingerprint density at radius 1 is 1.55 bits per heavy atom. The van der Waals surface area contributed by atoms with Gasteiger partial charge >= 0.3 is 5.97 Å². The number of ketones is 1. The summed E-state index contributed by atoms with van der Waals surface area (Å²) >= 11 is 0. The first kappa shape index (κ1) is 15.0. The molecule has 0 aromatic heterocycles. The van der Waals surface area contributed by atoms with Gasteiger partial charge in [0.2, 0.25) is 0 Å². The zero-order valence-corrected chi connectivity index (χ0v) is 12.1. The summed E-state index contributed by atoms with van der Waals surface area (Å²) < 4.78 is 5.51. The van der Waals surface area contributed by atoms with Crippen LogP contribution in [0.4, 0.5) is 0 Å². The lowest BCUT2D eigenvalue weighted by Crippen LogP contribution is -2.40. The van der Waals surface area contributed by atoms with Gasteiger partial charge in [0.05, 0.1) is 18.4 Å². The monoisotopic (exact) mass is 278 g/mol. The number of Topliss-reactive ketones (excluding diaryl/α,β-unsaturated/α-hetero) is 1. The Kier molecular flexibility index (Phi) is 3.87. The van der Waals surface area contributed by atoms with E-state index in [1.54, 1.807) is 19.9 Å². The molecule has 110 valence electrons. The molecule has 0 radical (unpaired) electrons. The number of hydrogen-bond donors (Lipinski definition) is 1. The summed E-state index contributed by atoms with van der Waals surface area (Å²) in [7, 11) is 0. The van der Waals surface area contributed by atoms with E-state index in [2.05, 4.69) is 6.58 Å². The van der Waals surface area contributed by atoms with Crippen molar-refractivity contribution in [2.45, 2.75) is 57.2 Å². The van der Waals surface area contributed by atoms with Crippen molar-refractivity contribution in [2.75, 3.05) is 0 Å². The van der Waals surface area contributed by atoms with Crippen molar-refractivity contribution in [1.29, 1.82) is 0 Å². The van der Waals surface area contributed by atoms with Crippen molar-refractivity contribution in [3.8, 4) is 0 Å².